The lowest BCUT2D eigenvalue weighted by atomic mass is 10.1. The highest BCUT2D eigenvalue weighted by atomic mass is 32.2. The van der Waals surface area contributed by atoms with Gasteiger partial charge in [-0.05, 0) is 53.6 Å². The van der Waals surface area contributed by atoms with Crippen molar-refractivity contribution >= 4 is 21.9 Å². The van der Waals surface area contributed by atoms with Gasteiger partial charge >= 0.3 is 5.97 Å². The molecule has 0 aromatic heterocycles. The molecule has 0 fully saturated rings. The zero-order valence-electron chi connectivity index (χ0n) is 13.1. The van der Waals surface area contributed by atoms with E-state index in [4.69, 9.17) is 9.47 Å². The number of hydrogen-bond acceptors (Lipinski definition) is 5. The molecule has 0 N–H and O–H groups in total. The number of rotatable bonds is 4. The lowest BCUT2D eigenvalue weighted by Crippen LogP contribution is -2.04. The van der Waals surface area contributed by atoms with Gasteiger partial charge in [-0.2, -0.15) is 0 Å². The second kappa shape index (κ2) is 6.49. The van der Waals surface area contributed by atoms with E-state index in [0.29, 0.717) is 12.4 Å². The van der Waals surface area contributed by atoms with Crippen molar-refractivity contribution < 1.29 is 22.7 Å². The van der Waals surface area contributed by atoms with Crippen LogP contribution < -0.4 is 9.47 Å². The lowest BCUT2D eigenvalue weighted by molar-refractivity contribution is -0.128. The molecule has 5 nitrogen and oxygen atoms in total. The third kappa shape index (κ3) is 3.83. The Morgan fingerprint density at radius 1 is 1.17 bits per heavy atom. The molecule has 1 aliphatic rings. The quantitative estimate of drug-likeness (QED) is 0.484. The highest BCUT2D eigenvalue weighted by molar-refractivity contribution is 7.90. The standard InChI is InChI=1S/C18H16O5S/c1-24(20,21)16-6-4-15(5-7-16)23-18(19)9-3-13-2-8-17-14(12-13)10-11-22-17/h2-9,12H,10-11H2,1H3. The molecule has 0 radical (unpaired) electrons. The van der Waals surface area contributed by atoms with E-state index in [1.54, 1.807) is 6.08 Å². The summed E-state index contributed by atoms with van der Waals surface area (Å²) in [5.41, 5.74) is 2.02. The average molecular weight is 344 g/mol. The molecule has 1 heterocycles. The summed E-state index contributed by atoms with van der Waals surface area (Å²) in [7, 11) is -3.26. The monoisotopic (exact) mass is 344 g/mol. The van der Waals surface area contributed by atoms with Crippen LogP contribution in [0.25, 0.3) is 6.08 Å². The van der Waals surface area contributed by atoms with Gasteiger partial charge in [-0.3, -0.25) is 0 Å². The molecule has 0 bridgehead atoms. The first kappa shape index (κ1) is 16.3. The van der Waals surface area contributed by atoms with E-state index < -0.39 is 15.8 Å². The summed E-state index contributed by atoms with van der Waals surface area (Å²) in [6, 6.07) is 11.5. The fourth-order valence-corrected chi connectivity index (χ4v) is 3.01. The molecule has 24 heavy (non-hydrogen) atoms. The van der Waals surface area contributed by atoms with Crippen molar-refractivity contribution in [3.63, 3.8) is 0 Å². The van der Waals surface area contributed by atoms with Gasteiger partial charge in [0.15, 0.2) is 9.84 Å². The second-order valence-electron chi connectivity index (χ2n) is 5.46. The van der Waals surface area contributed by atoms with Crippen molar-refractivity contribution in [3.8, 4) is 11.5 Å². The number of ether oxygens (including phenoxy) is 2. The Morgan fingerprint density at radius 2 is 1.92 bits per heavy atom. The Kier molecular flexibility index (Phi) is 4.40. The van der Waals surface area contributed by atoms with Crippen LogP contribution in [-0.2, 0) is 21.1 Å². The molecule has 0 amide bonds. The number of hydrogen-bond donors (Lipinski definition) is 0. The van der Waals surface area contributed by atoms with Crippen LogP contribution >= 0.6 is 0 Å². The highest BCUT2D eigenvalue weighted by Gasteiger charge is 2.11. The summed E-state index contributed by atoms with van der Waals surface area (Å²) in [6.45, 7) is 0.689. The SMILES string of the molecule is CS(=O)(=O)c1ccc(OC(=O)C=Cc2ccc3c(c2)CCO3)cc1. The first-order chi connectivity index (χ1) is 11.4. The number of benzene rings is 2. The molecule has 0 spiro atoms. The number of carbonyl (C=O) groups excluding carboxylic acids is 1. The Morgan fingerprint density at radius 3 is 2.62 bits per heavy atom. The second-order valence-corrected chi connectivity index (χ2v) is 7.48. The van der Waals surface area contributed by atoms with Crippen molar-refractivity contribution in [2.75, 3.05) is 12.9 Å². The molecule has 0 atom stereocenters. The van der Waals surface area contributed by atoms with E-state index in [9.17, 15) is 13.2 Å². The van der Waals surface area contributed by atoms with Crippen molar-refractivity contribution in [2.24, 2.45) is 0 Å². The van der Waals surface area contributed by atoms with Gasteiger partial charge in [-0.15, -0.1) is 0 Å². The summed E-state index contributed by atoms with van der Waals surface area (Å²) in [6.07, 6.45) is 5.00. The van der Waals surface area contributed by atoms with Gasteiger partial charge in [0.05, 0.1) is 11.5 Å². The van der Waals surface area contributed by atoms with Gasteiger partial charge in [0.1, 0.15) is 11.5 Å². The fraction of sp³-hybridized carbons (Fsp3) is 0.167. The van der Waals surface area contributed by atoms with Crippen LogP contribution in [0.1, 0.15) is 11.1 Å². The van der Waals surface area contributed by atoms with Gasteiger partial charge in [0.25, 0.3) is 0 Å². The van der Waals surface area contributed by atoms with Crippen LogP contribution in [0.4, 0.5) is 0 Å². The van der Waals surface area contributed by atoms with Crippen LogP contribution in [0.2, 0.25) is 0 Å². The molecule has 0 saturated heterocycles. The first-order valence-corrected chi connectivity index (χ1v) is 9.27. The first-order valence-electron chi connectivity index (χ1n) is 7.37. The van der Waals surface area contributed by atoms with E-state index in [1.807, 2.05) is 18.2 Å². The summed E-state index contributed by atoms with van der Waals surface area (Å²) in [5.74, 6) is 0.652. The van der Waals surface area contributed by atoms with Gasteiger partial charge in [0, 0.05) is 18.8 Å². The molecule has 3 rings (SSSR count). The Labute approximate surface area is 140 Å². The molecule has 0 unspecified atom stereocenters. The van der Waals surface area contributed by atoms with Gasteiger partial charge in [-0.1, -0.05) is 6.07 Å². The maximum atomic E-state index is 11.8. The Hall–Kier alpha value is -2.60. The minimum absolute atomic E-state index is 0.179. The van der Waals surface area contributed by atoms with Crippen LogP contribution in [0.3, 0.4) is 0 Å². The topological polar surface area (TPSA) is 69.7 Å². The molecular weight excluding hydrogens is 328 g/mol. The summed E-state index contributed by atoms with van der Waals surface area (Å²) in [4.78, 5) is 12.0. The molecular formula is C18H16O5S. The van der Waals surface area contributed by atoms with E-state index in [1.165, 1.54) is 30.3 Å². The fourth-order valence-electron chi connectivity index (χ4n) is 2.38. The number of esters is 1. The largest absolute Gasteiger partial charge is 0.493 e. The van der Waals surface area contributed by atoms with Crippen LogP contribution in [-0.4, -0.2) is 27.2 Å². The molecule has 0 saturated carbocycles. The molecule has 2 aromatic carbocycles. The minimum Gasteiger partial charge on any atom is -0.493 e. The van der Waals surface area contributed by atoms with Gasteiger partial charge < -0.3 is 9.47 Å². The third-order valence-corrected chi connectivity index (χ3v) is 4.72. The van der Waals surface area contributed by atoms with Gasteiger partial charge in [-0.25, -0.2) is 13.2 Å². The van der Waals surface area contributed by atoms with Gasteiger partial charge in [0.2, 0.25) is 0 Å². The van der Waals surface area contributed by atoms with Crippen molar-refractivity contribution in [1.82, 2.24) is 0 Å². The molecule has 0 aliphatic carbocycles. The van der Waals surface area contributed by atoms with E-state index in [0.717, 1.165) is 29.6 Å². The van der Waals surface area contributed by atoms with E-state index in [-0.39, 0.29) is 4.90 Å². The zero-order valence-corrected chi connectivity index (χ0v) is 13.9. The number of carbonyl (C=O) groups is 1. The summed E-state index contributed by atoms with van der Waals surface area (Å²) >= 11 is 0. The average Bonchev–Trinajstić information content (AvgIpc) is 3.00. The van der Waals surface area contributed by atoms with Crippen LogP contribution in [0.5, 0.6) is 11.5 Å². The number of sulfone groups is 1. The predicted octanol–water partition coefficient (Wildman–Crippen LogP) is 2.64. The lowest BCUT2D eigenvalue weighted by Gasteiger charge is -2.03. The van der Waals surface area contributed by atoms with Crippen molar-refractivity contribution in [2.45, 2.75) is 11.3 Å². The molecule has 1 aliphatic heterocycles. The number of fused-ring (bicyclic) bond motifs is 1. The minimum atomic E-state index is -3.26. The summed E-state index contributed by atoms with van der Waals surface area (Å²) in [5, 5.41) is 0. The summed E-state index contributed by atoms with van der Waals surface area (Å²) < 4.78 is 33.3. The smallest absolute Gasteiger partial charge is 0.336 e. The van der Waals surface area contributed by atoms with Crippen molar-refractivity contribution in [3.05, 3.63) is 59.7 Å². The maximum absolute atomic E-state index is 11.8. The van der Waals surface area contributed by atoms with E-state index >= 15 is 0 Å². The molecule has 124 valence electrons. The Bertz CT molecular complexity index is 896. The molecule has 6 heteroatoms. The highest BCUT2D eigenvalue weighted by Crippen LogP contribution is 2.26. The Balaban J connectivity index is 1.65. The molecule has 2 aromatic rings. The van der Waals surface area contributed by atoms with Crippen LogP contribution in [0, 0.1) is 0 Å². The van der Waals surface area contributed by atoms with Crippen LogP contribution in [0.15, 0.2) is 53.4 Å². The van der Waals surface area contributed by atoms with Crippen molar-refractivity contribution in [1.29, 1.82) is 0 Å². The maximum Gasteiger partial charge on any atom is 0.336 e. The predicted molar refractivity (Wildman–Crippen MR) is 89.9 cm³/mol. The van der Waals surface area contributed by atoms with E-state index in [2.05, 4.69) is 0 Å². The third-order valence-electron chi connectivity index (χ3n) is 3.60. The zero-order chi connectivity index (χ0) is 17.2. The normalized spacial score (nSPS) is 13.5.